The third-order valence-electron chi connectivity index (χ3n) is 4.63. The average molecular weight is 358 g/mol. The number of nitrogens with zero attached hydrogens (tertiary/aromatic N) is 1. The number of halogens is 1. The third kappa shape index (κ3) is 2.87. The number of hydrogen-bond acceptors (Lipinski definition) is 2. The number of benzene rings is 3. The van der Waals surface area contributed by atoms with Crippen molar-refractivity contribution in [3.8, 4) is 28.3 Å². The van der Waals surface area contributed by atoms with Gasteiger partial charge in [0.15, 0.2) is 0 Å². The van der Waals surface area contributed by atoms with Crippen molar-refractivity contribution in [3.63, 3.8) is 0 Å². The molecule has 1 heterocycles. The lowest BCUT2D eigenvalue weighted by molar-refractivity contribution is 0.612. The van der Waals surface area contributed by atoms with E-state index in [1.165, 1.54) is 5.56 Å². The molecule has 0 unspecified atom stereocenters. The summed E-state index contributed by atoms with van der Waals surface area (Å²) in [6.45, 7) is 2.08. The highest BCUT2D eigenvalue weighted by Crippen LogP contribution is 2.37. The van der Waals surface area contributed by atoms with Crippen LogP contribution in [0.15, 0.2) is 71.3 Å². The zero-order valence-electron chi connectivity index (χ0n) is 14.3. The highest BCUT2D eigenvalue weighted by Gasteiger charge is 2.14. The predicted molar refractivity (Wildman–Crippen MR) is 106 cm³/mol. The zero-order chi connectivity index (χ0) is 18.1. The number of fused-ring (bicyclic) bond motifs is 1. The van der Waals surface area contributed by atoms with Crippen molar-refractivity contribution in [2.45, 2.75) is 12.8 Å². The van der Waals surface area contributed by atoms with Crippen LogP contribution < -0.4 is 0 Å². The molecule has 3 aromatic carbocycles. The maximum absolute atomic E-state index is 9.06. The maximum Gasteiger partial charge on any atom is 0.134 e. The predicted octanol–water partition coefficient (Wildman–Crippen LogP) is 6.69. The number of alkyl halides is 1. The molecule has 26 heavy (non-hydrogen) atoms. The summed E-state index contributed by atoms with van der Waals surface area (Å²) in [6, 6.07) is 22.5. The van der Waals surface area contributed by atoms with Gasteiger partial charge in [0.25, 0.3) is 0 Å². The molecule has 0 radical (unpaired) electrons. The van der Waals surface area contributed by atoms with Crippen molar-refractivity contribution >= 4 is 22.6 Å². The smallest absolute Gasteiger partial charge is 0.134 e. The van der Waals surface area contributed by atoms with Gasteiger partial charge >= 0.3 is 0 Å². The van der Waals surface area contributed by atoms with Crippen LogP contribution in [0.1, 0.15) is 16.7 Å². The van der Waals surface area contributed by atoms with Crippen molar-refractivity contribution < 1.29 is 4.42 Å². The fourth-order valence-corrected chi connectivity index (χ4v) is 3.37. The SMILES string of the molecule is Cc1ccc(-c2cc3occ(CCl)c3cc2-c2ccc(C#N)cc2)cc1. The Morgan fingerprint density at radius 1 is 0.923 bits per heavy atom. The van der Waals surface area contributed by atoms with E-state index in [2.05, 4.69) is 49.4 Å². The fourth-order valence-electron chi connectivity index (χ4n) is 3.16. The minimum absolute atomic E-state index is 0.406. The van der Waals surface area contributed by atoms with Crippen molar-refractivity contribution in [1.82, 2.24) is 0 Å². The number of nitriles is 1. The Labute approximate surface area is 157 Å². The molecule has 1 aromatic heterocycles. The van der Waals surface area contributed by atoms with Crippen LogP contribution in [0.3, 0.4) is 0 Å². The molecule has 0 aliphatic rings. The largest absolute Gasteiger partial charge is 0.464 e. The Kier molecular flexibility index (Phi) is 4.24. The molecule has 4 rings (SSSR count). The standard InChI is InChI=1S/C23H16ClNO/c1-15-2-6-17(7-3-15)21-11-23-22(19(12-24)14-26-23)10-20(21)18-8-4-16(13-25)5-9-18/h2-11,14H,12H2,1H3. The Bertz CT molecular complexity index is 1120. The van der Waals surface area contributed by atoms with Gasteiger partial charge in [-0.1, -0.05) is 42.0 Å². The van der Waals surface area contributed by atoms with Gasteiger partial charge in [-0.15, -0.1) is 11.6 Å². The molecule has 0 atom stereocenters. The lowest BCUT2D eigenvalue weighted by atomic mass is 9.92. The molecule has 0 N–H and O–H groups in total. The van der Waals surface area contributed by atoms with Gasteiger partial charge in [0.1, 0.15) is 5.58 Å². The van der Waals surface area contributed by atoms with Crippen molar-refractivity contribution in [2.24, 2.45) is 0 Å². The summed E-state index contributed by atoms with van der Waals surface area (Å²) in [5.74, 6) is 0.406. The van der Waals surface area contributed by atoms with Crippen molar-refractivity contribution in [2.75, 3.05) is 0 Å². The molecule has 0 aliphatic carbocycles. The quantitative estimate of drug-likeness (QED) is 0.383. The van der Waals surface area contributed by atoms with Gasteiger partial charge in [-0.2, -0.15) is 5.26 Å². The molecule has 0 bridgehead atoms. The van der Waals surface area contributed by atoms with Crippen molar-refractivity contribution in [1.29, 1.82) is 5.26 Å². The first-order valence-electron chi connectivity index (χ1n) is 8.37. The summed E-state index contributed by atoms with van der Waals surface area (Å²) < 4.78 is 5.73. The second-order valence-electron chi connectivity index (χ2n) is 6.34. The van der Waals surface area contributed by atoms with E-state index in [0.29, 0.717) is 11.4 Å². The Hall–Kier alpha value is -3.02. The summed E-state index contributed by atoms with van der Waals surface area (Å²) in [7, 11) is 0. The number of furan rings is 1. The van der Waals surface area contributed by atoms with Crippen LogP contribution in [0.25, 0.3) is 33.2 Å². The van der Waals surface area contributed by atoms with E-state index < -0.39 is 0 Å². The Morgan fingerprint density at radius 3 is 2.15 bits per heavy atom. The molecule has 126 valence electrons. The molecule has 2 nitrogen and oxygen atoms in total. The van der Waals surface area contributed by atoms with E-state index in [0.717, 1.165) is 38.8 Å². The first-order valence-corrected chi connectivity index (χ1v) is 8.90. The highest BCUT2D eigenvalue weighted by atomic mass is 35.5. The molecule has 0 aliphatic heterocycles. The second-order valence-corrected chi connectivity index (χ2v) is 6.61. The molecular formula is C23H16ClNO. The molecule has 0 fully saturated rings. The third-order valence-corrected chi connectivity index (χ3v) is 4.91. The van der Waals surface area contributed by atoms with E-state index in [9.17, 15) is 0 Å². The summed E-state index contributed by atoms with van der Waals surface area (Å²) in [6.07, 6.45) is 1.72. The van der Waals surface area contributed by atoms with E-state index in [1.807, 2.05) is 24.3 Å². The van der Waals surface area contributed by atoms with Gasteiger partial charge in [-0.25, -0.2) is 0 Å². The summed E-state index contributed by atoms with van der Waals surface area (Å²) in [5.41, 5.74) is 8.05. The van der Waals surface area contributed by atoms with E-state index in [1.54, 1.807) is 6.26 Å². The molecule has 0 amide bonds. The lowest BCUT2D eigenvalue weighted by Gasteiger charge is -2.12. The van der Waals surface area contributed by atoms with Gasteiger partial charge in [0.2, 0.25) is 0 Å². The summed E-state index contributed by atoms with van der Waals surface area (Å²) >= 11 is 6.06. The monoisotopic (exact) mass is 357 g/mol. The minimum atomic E-state index is 0.406. The minimum Gasteiger partial charge on any atom is -0.464 e. The topological polar surface area (TPSA) is 36.9 Å². The Balaban J connectivity index is 1.98. The fraction of sp³-hybridized carbons (Fsp3) is 0.0870. The van der Waals surface area contributed by atoms with E-state index in [-0.39, 0.29) is 0 Å². The number of aryl methyl sites for hydroxylation is 1. The number of rotatable bonds is 3. The molecule has 0 saturated carbocycles. The van der Waals surface area contributed by atoms with Gasteiger partial charge in [0.05, 0.1) is 23.8 Å². The van der Waals surface area contributed by atoms with E-state index >= 15 is 0 Å². The average Bonchev–Trinajstić information content (AvgIpc) is 3.10. The van der Waals surface area contributed by atoms with Crippen LogP contribution >= 0.6 is 11.6 Å². The molecule has 4 aromatic rings. The lowest BCUT2D eigenvalue weighted by Crippen LogP contribution is -1.87. The summed E-state index contributed by atoms with van der Waals surface area (Å²) in [5, 5.41) is 10.1. The van der Waals surface area contributed by atoms with Gasteiger partial charge in [-0.3, -0.25) is 0 Å². The van der Waals surface area contributed by atoms with Gasteiger partial charge in [0, 0.05) is 10.9 Å². The first-order chi connectivity index (χ1) is 12.7. The zero-order valence-corrected chi connectivity index (χ0v) is 15.0. The van der Waals surface area contributed by atoms with Crippen LogP contribution in [-0.4, -0.2) is 0 Å². The normalized spacial score (nSPS) is 10.8. The number of hydrogen-bond donors (Lipinski definition) is 0. The van der Waals surface area contributed by atoms with Crippen LogP contribution in [0.4, 0.5) is 0 Å². The Morgan fingerprint density at radius 2 is 1.54 bits per heavy atom. The van der Waals surface area contributed by atoms with E-state index in [4.69, 9.17) is 21.3 Å². The maximum atomic E-state index is 9.06. The van der Waals surface area contributed by atoms with Gasteiger partial charge < -0.3 is 4.42 Å². The van der Waals surface area contributed by atoms with Crippen molar-refractivity contribution in [3.05, 3.63) is 83.6 Å². The first kappa shape index (κ1) is 16.4. The molecular weight excluding hydrogens is 342 g/mol. The van der Waals surface area contributed by atoms with Crippen LogP contribution in [0, 0.1) is 18.3 Å². The second kappa shape index (κ2) is 6.71. The van der Waals surface area contributed by atoms with Crippen LogP contribution in [0.2, 0.25) is 0 Å². The highest BCUT2D eigenvalue weighted by molar-refractivity contribution is 6.18. The van der Waals surface area contributed by atoms with Crippen LogP contribution in [0.5, 0.6) is 0 Å². The molecule has 0 spiro atoms. The van der Waals surface area contributed by atoms with Crippen LogP contribution in [-0.2, 0) is 5.88 Å². The molecule has 3 heteroatoms. The van der Waals surface area contributed by atoms with Gasteiger partial charge in [-0.05, 0) is 53.4 Å². The molecule has 0 saturated heterocycles. The summed E-state index contributed by atoms with van der Waals surface area (Å²) in [4.78, 5) is 0.